The third kappa shape index (κ3) is 3.34. The smallest absolute Gasteiger partial charge is 0.170 e. The van der Waals surface area contributed by atoms with Gasteiger partial charge in [-0.15, -0.1) is 0 Å². The molecule has 1 spiro atoms. The summed E-state index contributed by atoms with van der Waals surface area (Å²) in [7, 11) is 0. The molecule has 0 unspecified atom stereocenters. The van der Waals surface area contributed by atoms with Crippen LogP contribution in [0, 0.1) is 23.2 Å². The normalized spacial score (nSPS) is 39.1. The van der Waals surface area contributed by atoms with E-state index in [0.717, 1.165) is 5.57 Å². The van der Waals surface area contributed by atoms with Gasteiger partial charge in [0.2, 0.25) is 0 Å². The second-order valence-electron chi connectivity index (χ2n) is 7.81. The molecule has 1 saturated heterocycles. The lowest BCUT2D eigenvalue weighted by molar-refractivity contribution is -0.257. The predicted octanol–water partition coefficient (Wildman–Crippen LogP) is 2.64. The van der Waals surface area contributed by atoms with Crippen molar-refractivity contribution in [2.24, 2.45) is 11.3 Å². The molecule has 2 rings (SSSR count). The summed E-state index contributed by atoms with van der Waals surface area (Å²) < 4.78 is 12.3. The van der Waals surface area contributed by atoms with Gasteiger partial charge in [0.05, 0.1) is 18.8 Å². The van der Waals surface area contributed by atoms with Crippen LogP contribution in [0.15, 0.2) is 11.6 Å². The average molecular weight is 322 g/mol. The minimum absolute atomic E-state index is 0.0432. The van der Waals surface area contributed by atoms with Crippen molar-refractivity contribution in [2.45, 2.75) is 78.0 Å². The van der Waals surface area contributed by atoms with Gasteiger partial charge in [0.25, 0.3) is 0 Å². The van der Waals surface area contributed by atoms with Crippen LogP contribution in [0.5, 0.6) is 0 Å². The van der Waals surface area contributed by atoms with Crippen LogP contribution < -0.4 is 0 Å². The van der Waals surface area contributed by atoms with Gasteiger partial charge in [-0.25, -0.2) is 0 Å². The fourth-order valence-electron chi connectivity index (χ4n) is 3.91. The zero-order chi connectivity index (χ0) is 17.5. The van der Waals surface area contributed by atoms with Gasteiger partial charge in [0, 0.05) is 24.2 Å². The first-order valence-electron chi connectivity index (χ1n) is 8.44. The molecule has 0 aromatic heterocycles. The zero-order valence-electron chi connectivity index (χ0n) is 15.1. The summed E-state index contributed by atoms with van der Waals surface area (Å²) in [6.07, 6.45) is 2.99. The largest absolute Gasteiger partial charge is 0.392 e. The molecule has 4 nitrogen and oxygen atoms in total. The molecule has 23 heavy (non-hydrogen) atoms. The Hall–Kier alpha value is -0.860. The molecule has 1 saturated carbocycles. The van der Waals surface area contributed by atoms with Crippen molar-refractivity contribution >= 4 is 0 Å². The monoisotopic (exact) mass is 322 g/mol. The van der Waals surface area contributed by atoms with Gasteiger partial charge >= 0.3 is 0 Å². The molecule has 4 atom stereocenters. The highest BCUT2D eigenvalue weighted by atomic mass is 16.8. The summed E-state index contributed by atoms with van der Waals surface area (Å²) in [4.78, 5) is 0. The maximum atomic E-state index is 11.3. The fourth-order valence-corrected chi connectivity index (χ4v) is 3.91. The van der Waals surface area contributed by atoms with Crippen LogP contribution in [0.25, 0.3) is 0 Å². The van der Waals surface area contributed by atoms with Crippen LogP contribution in [-0.2, 0) is 9.47 Å². The van der Waals surface area contributed by atoms with Crippen molar-refractivity contribution in [1.29, 1.82) is 0 Å². The molecule has 0 radical (unpaired) electrons. The van der Waals surface area contributed by atoms with Gasteiger partial charge in [-0.3, -0.25) is 0 Å². The molecule has 0 amide bonds. The summed E-state index contributed by atoms with van der Waals surface area (Å²) in [5.41, 5.74) is -0.828. The molecule has 2 aliphatic rings. The highest BCUT2D eigenvalue weighted by Crippen LogP contribution is 2.54. The van der Waals surface area contributed by atoms with Crippen LogP contribution in [0.2, 0.25) is 0 Å². The molecule has 1 heterocycles. The minimum Gasteiger partial charge on any atom is -0.392 e. The van der Waals surface area contributed by atoms with Crippen LogP contribution in [-0.4, -0.2) is 40.4 Å². The Balaban J connectivity index is 2.30. The van der Waals surface area contributed by atoms with E-state index in [1.54, 1.807) is 6.08 Å². The summed E-state index contributed by atoms with van der Waals surface area (Å²) in [6, 6.07) is 0. The van der Waals surface area contributed by atoms with Crippen molar-refractivity contribution in [1.82, 2.24) is 0 Å². The molecule has 130 valence electrons. The van der Waals surface area contributed by atoms with Crippen LogP contribution in [0.4, 0.5) is 0 Å². The van der Waals surface area contributed by atoms with Crippen molar-refractivity contribution in [3.8, 4) is 11.8 Å². The minimum atomic E-state index is -1.12. The van der Waals surface area contributed by atoms with Crippen LogP contribution in [0.3, 0.4) is 0 Å². The predicted molar refractivity (Wildman–Crippen MR) is 89.6 cm³/mol. The Bertz CT molecular complexity index is 529. The molecule has 2 fully saturated rings. The molecule has 1 aliphatic carbocycles. The van der Waals surface area contributed by atoms with E-state index in [-0.39, 0.29) is 24.7 Å². The number of aliphatic hydroxyl groups is 2. The molecular formula is C19H30O4. The van der Waals surface area contributed by atoms with Gasteiger partial charge in [-0.2, -0.15) is 0 Å². The van der Waals surface area contributed by atoms with Gasteiger partial charge in [0.15, 0.2) is 5.79 Å². The number of ether oxygens (including phenoxy) is 2. The topological polar surface area (TPSA) is 58.9 Å². The van der Waals surface area contributed by atoms with E-state index in [1.807, 2.05) is 41.5 Å². The third-order valence-electron chi connectivity index (χ3n) is 5.38. The molecular weight excluding hydrogens is 292 g/mol. The maximum Gasteiger partial charge on any atom is 0.170 e. The Kier molecular flexibility index (Phi) is 4.99. The Labute approximate surface area is 139 Å². The van der Waals surface area contributed by atoms with Gasteiger partial charge in [0.1, 0.15) is 5.60 Å². The first-order valence-corrected chi connectivity index (χ1v) is 8.44. The summed E-state index contributed by atoms with van der Waals surface area (Å²) in [5, 5.41) is 20.2. The van der Waals surface area contributed by atoms with E-state index in [1.165, 1.54) is 0 Å². The van der Waals surface area contributed by atoms with Gasteiger partial charge in [-0.1, -0.05) is 32.6 Å². The van der Waals surface area contributed by atoms with E-state index >= 15 is 0 Å². The number of hydrogen-bond donors (Lipinski definition) is 2. The zero-order valence-corrected chi connectivity index (χ0v) is 15.1. The van der Waals surface area contributed by atoms with Gasteiger partial charge < -0.3 is 19.7 Å². The standard InChI is InChI=1S/C19H30O4/c1-13(8-10-20)7-9-19(21)14(2)11-18(12-17(19,5)6)22-15(3)16(4)23-18/h8,14-16,20-21H,10-12H2,1-6H3/t14-,15-,16-,19-/m1/s1. The Morgan fingerprint density at radius 1 is 1.22 bits per heavy atom. The molecule has 0 aromatic carbocycles. The van der Waals surface area contributed by atoms with Gasteiger partial charge in [-0.05, 0) is 32.4 Å². The first-order chi connectivity index (χ1) is 10.6. The lowest BCUT2D eigenvalue weighted by Crippen LogP contribution is -2.59. The third-order valence-corrected chi connectivity index (χ3v) is 5.38. The summed E-state index contributed by atoms with van der Waals surface area (Å²) in [6.45, 7) is 11.9. The highest BCUT2D eigenvalue weighted by molar-refractivity contribution is 5.33. The Morgan fingerprint density at radius 2 is 1.78 bits per heavy atom. The van der Waals surface area contributed by atoms with E-state index in [0.29, 0.717) is 12.8 Å². The van der Waals surface area contributed by atoms with E-state index in [4.69, 9.17) is 14.6 Å². The molecule has 0 bridgehead atoms. The van der Waals surface area contributed by atoms with Crippen LogP contribution >= 0.6 is 0 Å². The quantitative estimate of drug-likeness (QED) is 0.729. The lowest BCUT2D eigenvalue weighted by atomic mass is 9.59. The van der Waals surface area contributed by atoms with Crippen molar-refractivity contribution in [3.05, 3.63) is 11.6 Å². The molecule has 2 N–H and O–H groups in total. The van der Waals surface area contributed by atoms with E-state index < -0.39 is 16.8 Å². The lowest BCUT2D eigenvalue weighted by Gasteiger charge is -2.53. The second-order valence-corrected chi connectivity index (χ2v) is 7.81. The van der Waals surface area contributed by atoms with Crippen molar-refractivity contribution < 1.29 is 19.7 Å². The molecule has 0 aromatic rings. The maximum absolute atomic E-state index is 11.3. The molecule has 4 heteroatoms. The van der Waals surface area contributed by atoms with Crippen molar-refractivity contribution in [3.63, 3.8) is 0 Å². The number of rotatable bonds is 1. The van der Waals surface area contributed by atoms with E-state index in [9.17, 15) is 5.11 Å². The average Bonchev–Trinajstić information content (AvgIpc) is 2.68. The number of hydrogen-bond acceptors (Lipinski definition) is 4. The second kappa shape index (κ2) is 6.22. The number of allylic oxidation sites excluding steroid dienone is 1. The van der Waals surface area contributed by atoms with E-state index in [2.05, 4.69) is 11.8 Å². The fraction of sp³-hybridized carbons (Fsp3) is 0.789. The Morgan fingerprint density at radius 3 is 2.26 bits per heavy atom. The summed E-state index contributed by atoms with van der Waals surface area (Å²) in [5.74, 6) is 5.36. The van der Waals surface area contributed by atoms with Crippen LogP contribution in [0.1, 0.15) is 54.4 Å². The number of aliphatic hydroxyl groups excluding tert-OH is 1. The van der Waals surface area contributed by atoms with Crippen molar-refractivity contribution in [2.75, 3.05) is 6.61 Å². The highest BCUT2D eigenvalue weighted by Gasteiger charge is 2.60. The SMILES string of the molecule is CC(C#C[C@@]1(O)[C@H](C)CC2(CC1(C)C)O[C@H](C)[C@@H](C)O2)=CCO. The first kappa shape index (κ1) is 18.5. The molecule has 1 aliphatic heterocycles. The summed E-state index contributed by atoms with van der Waals surface area (Å²) >= 11 is 0.